The third-order valence-corrected chi connectivity index (χ3v) is 9.51. The van der Waals surface area contributed by atoms with Gasteiger partial charge in [0, 0.05) is 41.3 Å². The number of methoxy groups -OCH3 is 1. The predicted molar refractivity (Wildman–Crippen MR) is 158 cm³/mol. The number of rotatable bonds is 7. The van der Waals surface area contributed by atoms with Gasteiger partial charge < -0.3 is 25.0 Å². The van der Waals surface area contributed by atoms with Crippen LogP contribution >= 0.6 is 0 Å². The first-order chi connectivity index (χ1) is 19.6. The monoisotopic (exact) mass is 554 g/mol. The van der Waals surface area contributed by atoms with E-state index in [0.717, 1.165) is 53.2 Å². The molecule has 3 N–H and O–H groups in total. The van der Waals surface area contributed by atoms with Crippen molar-refractivity contribution in [2.75, 3.05) is 7.11 Å². The van der Waals surface area contributed by atoms with Crippen molar-refractivity contribution in [3.63, 3.8) is 0 Å². The minimum Gasteiger partial charge on any atom is -0.482 e. The van der Waals surface area contributed by atoms with E-state index < -0.39 is 5.60 Å². The number of carbonyl (C=O) groups excluding carboxylic acids is 1. The lowest BCUT2D eigenvalue weighted by Gasteiger charge is -2.27. The fraction of sp³-hybridized carbons (Fsp3) is 0.469. The second-order valence-corrected chi connectivity index (χ2v) is 12.6. The van der Waals surface area contributed by atoms with E-state index in [1.807, 2.05) is 55.2 Å². The van der Waals surface area contributed by atoms with Gasteiger partial charge in [-0.15, -0.1) is 0 Å². The first-order valence-corrected chi connectivity index (χ1v) is 14.7. The zero-order valence-corrected chi connectivity index (χ0v) is 24.4. The van der Waals surface area contributed by atoms with Crippen molar-refractivity contribution < 1.29 is 14.6 Å². The molecule has 4 aromatic heterocycles. The van der Waals surface area contributed by atoms with Crippen molar-refractivity contribution in [2.24, 2.45) is 17.6 Å². The molecule has 1 unspecified atom stereocenters. The van der Waals surface area contributed by atoms with Crippen molar-refractivity contribution >= 4 is 22.6 Å². The van der Waals surface area contributed by atoms with Crippen LogP contribution in [0.15, 0.2) is 42.1 Å². The van der Waals surface area contributed by atoms with Crippen LogP contribution in [-0.2, 0) is 12.1 Å². The first-order valence-electron chi connectivity index (χ1n) is 14.7. The molecule has 1 amide bonds. The molecule has 41 heavy (non-hydrogen) atoms. The number of nitrogens with two attached hydrogens (primary N) is 1. The topological polar surface area (TPSA) is 111 Å². The lowest BCUT2D eigenvalue weighted by atomic mass is 9.89. The van der Waals surface area contributed by atoms with E-state index in [2.05, 4.69) is 16.7 Å². The highest BCUT2D eigenvalue weighted by Crippen LogP contribution is 2.40. The van der Waals surface area contributed by atoms with Crippen molar-refractivity contribution in [2.45, 2.75) is 77.6 Å². The normalized spacial score (nSPS) is 21.8. The Bertz CT molecular complexity index is 1740. The summed E-state index contributed by atoms with van der Waals surface area (Å²) in [5.74, 6) is 1.12. The summed E-state index contributed by atoms with van der Waals surface area (Å²) in [6, 6.07) is 9.82. The maximum atomic E-state index is 13.7. The van der Waals surface area contributed by atoms with E-state index >= 15 is 0 Å². The lowest BCUT2D eigenvalue weighted by molar-refractivity contribution is 0.00511. The van der Waals surface area contributed by atoms with Gasteiger partial charge in [0.1, 0.15) is 22.6 Å². The van der Waals surface area contributed by atoms with Crippen LogP contribution in [0.25, 0.3) is 28.1 Å². The van der Waals surface area contributed by atoms with Crippen LogP contribution in [0.3, 0.4) is 0 Å². The molecule has 7 rings (SSSR count). The number of pyridine rings is 2. The minimum atomic E-state index is -1.03. The summed E-state index contributed by atoms with van der Waals surface area (Å²) in [4.78, 5) is 25.6. The maximum absolute atomic E-state index is 13.7. The number of fused-ring (bicyclic) bond motifs is 4. The number of hydrogen-bond donors (Lipinski definition) is 2. The zero-order valence-electron chi connectivity index (χ0n) is 24.4. The predicted octanol–water partition coefficient (Wildman–Crippen LogP) is 4.77. The number of ether oxygens (including phenoxy) is 1. The van der Waals surface area contributed by atoms with Crippen molar-refractivity contribution in [3.05, 3.63) is 59.1 Å². The van der Waals surface area contributed by atoms with Gasteiger partial charge in [-0.2, -0.15) is 0 Å². The molecule has 2 bridgehead atoms. The summed E-state index contributed by atoms with van der Waals surface area (Å²) in [6.07, 6.45) is 6.14. The molecule has 4 aromatic rings. The molecule has 3 atom stereocenters. The minimum absolute atomic E-state index is 0.0200. The molecule has 1 saturated heterocycles. The average Bonchev–Trinajstić information content (AvgIpc) is 3.27. The molecule has 2 aliphatic heterocycles. The fourth-order valence-corrected chi connectivity index (χ4v) is 6.48. The van der Waals surface area contributed by atoms with Crippen LogP contribution in [0.5, 0.6) is 5.88 Å². The van der Waals surface area contributed by atoms with E-state index in [1.165, 1.54) is 12.8 Å². The molecule has 1 saturated carbocycles. The van der Waals surface area contributed by atoms with Gasteiger partial charge in [-0.3, -0.25) is 9.20 Å². The quantitative estimate of drug-likeness (QED) is 0.341. The molecule has 0 aromatic carbocycles. The summed E-state index contributed by atoms with van der Waals surface area (Å²) in [6.45, 7) is 8.72. The second kappa shape index (κ2) is 9.16. The molecule has 3 aliphatic rings. The molecular formula is C32H38N6O3. The molecule has 6 heterocycles. The van der Waals surface area contributed by atoms with Crippen molar-refractivity contribution in [3.8, 4) is 17.3 Å². The van der Waals surface area contributed by atoms with Gasteiger partial charge in [-0.25, -0.2) is 9.97 Å². The maximum Gasteiger partial charge on any atom is 0.258 e. The van der Waals surface area contributed by atoms with Gasteiger partial charge in [0.25, 0.3) is 5.91 Å². The van der Waals surface area contributed by atoms with Crippen LogP contribution in [0.1, 0.15) is 68.2 Å². The Morgan fingerprint density at radius 2 is 2.00 bits per heavy atom. The van der Waals surface area contributed by atoms with Gasteiger partial charge >= 0.3 is 0 Å². The average molecular weight is 555 g/mol. The standard InChI is InChI=1S/C32H38N6O3/c1-17(2)32(4,40)26-11-8-20-12-25(36(30(20)34-26)16-19-6-7-19)29-18(3)37-27(35-29)13-21(14-28(37)41-5)31(39)38-22-9-10-24(38)23(33)15-22/h8,10-14,17,19,22-23,40H,6-7,9,15-16,33H2,1-5H3/t22-,23+,32?/m0/s1. The SMILES string of the molecule is COc1cc(C(=O)N2C3=CC[C@H]2C[C@H]3N)cc2nc(-c3cc4ccc(C(C)(O)C(C)C)nc4n3CC3CC3)c(C)n12. The summed E-state index contributed by atoms with van der Waals surface area (Å²) in [5.41, 5.74) is 11.6. The van der Waals surface area contributed by atoms with Gasteiger partial charge in [0.05, 0.1) is 24.2 Å². The summed E-state index contributed by atoms with van der Waals surface area (Å²) < 4.78 is 10.0. The Kier molecular flexibility index (Phi) is 5.86. The van der Waals surface area contributed by atoms with Crippen LogP contribution in [0.2, 0.25) is 0 Å². The van der Waals surface area contributed by atoms with Crippen molar-refractivity contribution in [1.29, 1.82) is 0 Å². The van der Waals surface area contributed by atoms with Gasteiger partial charge in [0.2, 0.25) is 0 Å². The number of imidazole rings is 1. The van der Waals surface area contributed by atoms with Gasteiger partial charge in [-0.1, -0.05) is 19.9 Å². The summed E-state index contributed by atoms with van der Waals surface area (Å²) in [7, 11) is 1.62. The number of nitrogens with zero attached hydrogens (tertiary/aromatic N) is 5. The summed E-state index contributed by atoms with van der Waals surface area (Å²) >= 11 is 0. The highest BCUT2D eigenvalue weighted by atomic mass is 16.5. The van der Waals surface area contributed by atoms with Crippen molar-refractivity contribution in [1.82, 2.24) is 23.8 Å². The molecule has 2 fully saturated rings. The largest absolute Gasteiger partial charge is 0.482 e. The van der Waals surface area contributed by atoms with Gasteiger partial charge in [-0.05, 0) is 75.6 Å². The molecule has 1 aliphatic carbocycles. The Morgan fingerprint density at radius 3 is 2.63 bits per heavy atom. The number of amides is 1. The van der Waals surface area contributed by atoms with Crippen LogP contribution in [-0.4, -0.2) is 54.0 Å². The third-order valence-electron chi connectivity index (χ3n) is 9.51. The zero-order chi connectivity index (χ0) is 28.8. The molecule has 0 radical (unpaired) electrons. The Morgan fingerprint density at radius 1 is 1.22 bits per heavy atom. The summed E-state index contributed by atoms with van der Waals surface area (Å²) in [5, 5.41) is 12.2. The molecule has 214 valence electrons. The third kappa shape index (κ3) is 4.00. The van der Waals surface area contributed by atoms with Crippen LogP contribution in [0.4, 0.5) is 0 Å². The van der Waals surface area contributed by atoms with E-state index in [9.17, 15) is 9.90 Å². The first kappa shape index (κ1) is 26.2. The van der Waals surface area contributed by atoms with E-state index in [-0.39, 0.29) is 23.9 Å². The van der Waals surface area contributed by atoms with Crippen LogP contribution in [0, 0.1) is 18.8 Å². The Hall–Kier alpha value is -3.69. The van der Waals surface area contributed by atoms with E-state index in [4.69, 9.17) is 20.4 Å². The Balaban J connectivity index is 1.36. The van der Waals surface area contributed by atoms with E-state index in [1.54, 1.807) is 13.2 Å². The Labute approximate surface area is 239 Å². The highest BCUT2D eigenvalue weighted by Gasteiger charge is 2.42. The number of hydrogen-bond acceptors (Lipinski definition) is 6. The number of aromatic nitrogens is 4. The molecule has 9 heteroatoms. The number of aliphatic hydroxyl groups is 1. The van der Waals surface area contributed by atoms with Crippen LogP contribution < -0.4 is 10.5 Å². The van der Waals surface area contributed by atoms with Gasteiger partial charge in [0.15, 0.2) is 5.88 Å². The second-order valence-electron chi connectivity index (χ2n) is 12.6. The molecule has 9 nitrogen and oxygen atoms in total. The van der Waals surface area contributed by atoms with E-state index in [0.29, 0.717) is 28.7 Å². The lowest BCUT2D eigenvalue weighted by Crippen LogP contribution is -2.31. The smallest absolute Gasteiger partial charge is 0.258 e. The molecule has 0 spiro atoms. The number of aryl methyl sites for hydroxylation is 1. The number of carbonyl (C=O) groups is 1. The highest BCUT2D eigenvalue weighted by molar-refractivity contribution is 5.98. The molecular weight excluding hydrogens is 516 g/mol. The fourth-order valence-electron chi connectivity index (χ4n) is 6.48.